The Hall–Kier alpha value is -4.08. The van der Waals surface area contributed by atoms with E-state index in [9.17, 15) is 10.1 Å². The van der Waals surface area contributed by atoms with E-state index in [2.05, 4.69) is 54.4 Å². The second-order valence-corrected chi connectivity index (χ2v) is 10.5. The van der Waals surface area contributed by atoms with Crippen molar-refractivity contribution in [1.29, 1.82) is 5.26 Å². The third kappa shape index (κ3) is 6.00. The molecule has 2 aliphatic heterocycles. The second kappa shape index (κ2) is 11.3. The summed E-state index contributed by atoms with van der Waals surface area (Å²) in [7, 11) is 0. The summed E-state index contributed by atoms with van der Waals surface area (Å²) in [5.74, 6) is 2.00. The van der Waals surface area contributed by atoms with Gasteiger partial charge in [0.05, 0.1) is 23.7 Å². The molecule has 2 saturated heterocycles. The molecule has 3 aromatic rings. The number of rotatable bonds is 8. The maximum Gasteiger partial charge on any atom is 0.227 e. The van der Waals surface area contributed by atoms with Crippen LogP contribution in [0.5, 0.6) is 0 Å². The lowest BCUT2D eigenvalue weighted by Gasteiger charge is -2.40. The van der Waals surface area contributed by atoms with Gasteiger partial charge in [0.15, 0.2) is 5.82 Å². The monoisotopic (exact) mass is 529 g/mol. The molecule has 12 heteroatoms. The molecule has 0 spiro atoms. The fraction of sp³-hybridized carbons (Fsp3) is 0.481. The first-order valence-electron chi connectivity index (χ1n) is 13.4. The Balaban J connectivity index is 1.23. The molecule has 39 heavy (non-hydrogen) atoms. The van der Waals surface area contributed by atoms with E-state index in [0.29, 0.717) is 43.7 Å². The normalized spacial score (nSPS) is 21.2. The average Bonchev–Trinajstić information content (AvgIpc) is 3.61. The maximum absolute atomic E-state index is 13.5. The maximum atomic E-state index is 13.5. The predicted molar refractivity (Wildman–Crippen MR) is 147 cm³/mol. The zero-order valence-electron chi connectivity index (χ0n) is 22.6. The molecule has 0 aromatic carbocycles. The fourth-order valence-corrected chi connectivity index (χ4v) is 5.15. The van der Waals surface area contributed by atoms with Gasteiger partial charge in [-0.25, -0.2) is 20.1 Å². The minimum absolute atomic E-state index is 0.0921. The largest absolute Gasteiger partial charge is 0.353 e. The van der Waals surface area contributed by atoms with Crippen molar-refractivity contribution in [3.63, 3.8) is 0 Å². The van der Waals surface area contributed by atoms with Crippen molar-refractivity contribution in [2.75, 3.05) is 23.3 Å². The fourth-order valence-electron chi connectivity index (χ4n) is 5.15. The van der Waals surface area contributed by atoms with E-state index in [0.717, 1.165) is 23.5 Å². The molecule has 12 nitrogen and oxygen atoms in total. The lowest BCUT2D eigenvalue weighted by atomic mass is 9.75. The van der Waals surface area contributed by atoms with Crippen LogP contribution in [0.4, 0.5) is 11.8 Å². The number of piperidine rings is 1. The van der Waals surface area contributed by atoms with E-state index in [-0.39, 0.29) is 24.5 Å². The molecule has 2 aliphatic rings. The van der Waals surface area contributed by atoms with Crippen LogP contribution >= 0.6 is 0 Å². The first-order valence-corrected chi connectivity index (χ1v) is 13.4. The summed E-state index contributed by atoms with van der Waals surface area (Å²) < 4.78 is 1.68. The number of amides is 1. The Labute approximate surface area is 228 Å². The minimum Gasteiger partial charge on any atom is -0.353 e. The number of aromatic nitrogens is 5. The van der Waals surface area contributed by atoms with Gasteiger partial charge in [-0.1, -0.05) is 6.07 Å². The summed E-state index contributed by atoms with van der Waals surface area (Å²) in [4.78, 5) is 29.5. The zero-order valence-corrected chi connectivity index (χ0v) is 22.6. The number of hydrogen-bond donors (Lipinski definition) is 4. The minimum atomic E-state index is -0.761. The van der Waals surface area contributed by atoms with Crippen LogP contribution in [0.2, 0.25) is 0 Å². The van der Waals surface area contributed by atoms with Gasteiger partial charge in [0.2, 0.25) is 11.9 Å². The van der Waals surface area contributed by atoms with Crippen LogP contribution in [0.15, 0.2) is 42.9 Å². The van der Waals surface area contributed by atoms with E-state index in [1.807, 2.05) is 44.3 Å². The first kappa shape index (κ1) is 26.5. The Morgan fingerprint density at radius 1 is 1.28 bits per heavy atom. The summed E-state index contributed by atoms with van der Waals surface area (Å²) in [6.07, 6.45) is 7.56. The number of nitriles is 1. The molecule has 2 fully saturated rings. The Morgan fingerprint density at radius 2 is 2.10 bits per heavy atom. The highest BCUT2D eigenvalue weighted by atomic mass is 16.2. The van der Waals surface area contributed by atoms with Crippen LogP contribution in [-0.2, 0) is 4.79 Å². The second-order valence-electron chi connectivity index (χ2n) is 10.5. The molecule has 1 amide bonds. The van der Waals surface area contributed by atoms with Gasteiger partial charge in [-0.3, -0.25) is 10.2 Å². The van der Waals surface area contributed by atoms with Gasteiger partial charge in [-0.15, -0.1) is 0 Å². The van der Waals surface area contributed by atoms with Crippen molar-refractivity contribution in [2.45, 2.75) is 64.7 Å². The number of carbonyl (C=O) groups excluding carboxylic acids is 1. The Bertz CT molecular complexity index is 1310. The molecule has 3 aromatic heterocycles. The molecular weight excluding hydrogens is 494 g/mol. The molecule has 2 unspecified atom stereocenters. The van der Waals surface area contributed by atoms with Gasteiger partial charge in [-0.2, -0.15) is 15.3 Å². The summed E-state index contributed by atoms with van der Waals surface area (Å²) in [6.45, 7) is 7.19. The number of pyridine rings is 1. The van der Waals surface area contributed by atoms with Crippen molar-refractivity contribution < 1.29 is 4.79 Å². The van der Waals surface area contributed by atoms with Crippen LogP contribution in [-0.4, -0.2) is 55.9 Å². The van der Waals surface area contributed by atoms with Crippen molar-refractivity contribution in [1.82, 2.24) is 40.9 Å². The van der Waals surface area contributed by atoms with Crippen LogP contribution in [0.3, 0.4) is 0 Å². The first-order chi connectivity index (χ1) is 18.8. The molecule has 0 bridgehead atoms. The number of carbonyl (C=O) groups is 1. The molecular formula is C27H35N11O. The zero-order chi connectivity index (χ0) is 27.4. The summed E-state index contributed by atoms with van der Waals surface area (Å²) in [5.41, 5.74) is 7.43. The average molecular weight is 530 g/mol. The quantitative estimate of drug-likeness (QED) is 0.343. The predicted octanol–water partition coefficient (Wildman–Crippen LogP) is 2.37. The third-order valence-electron chi connectivity index (χ3n) is 7.52. The highest BCUT2D eigenvalue weighted by Gasteiger charge is 2.42. The van der Waals surface area contributed by atoms with E-state index in [1.54, 1.807) is 17.1 Å². The molecule has 5 heterocycles. The topological polar surface area (TPSA) is 149 Å². The van der Waals surface area contributed by atoms with Crippen molar-refractivity contribution in [2.24, 2.45) is 5.41 Å². The highest BCUT2D eigenvalue weighted by Crippen LogP contribution is 2.37. The molecule has 5 rings (SSSR count). The molecule has 0 saturated carbocycles. The van der Waals surface area contributed by atoms with Gasteiger partial charge in [0.1, 0.15) is 5.82 Å². The van der Waals surface area contributed by atoms with Gasteiger partial charge in [-0.05, 0) is 57.7 Å². The number of anilines is 2. The van der Waals surface area contributed by atoms with Gasteiger partial charge in [0.25, 0.3) is 0 Å². The molecule has 204 valence electrons. The van der Waals surface area contributed by atoms with Gasteiger partial charge in [0, 0.05) is 55.9 Å². The molecule has 0 radical (unpaired) electrons. The van der Waals surface area contributed by atoms with E-state index in [1.165, 1.54) is 0 Å². The van der Waals surface area contributed by atoms with E-state index in [4.69, 9.17) is 4.98 Å². The van der Waals surface area contributed by atoms with Crippen molar-refractivity contribution >= 4 is 17.7 Å². The number of nitrogens with zero attached hydrogens (tertiary/aromatic N) is 7. The highest BCUT2D eigenvalue weighted by molar-refractivity contribution is 5.83. The van der Waals surface area contributed by atoms with Crippen LogP contribution in [0.25, 0.3) is 5.82 Å². The summed E-state index contributed by atoms with van der Waals surface area (Å²) >= 11 is 0. The van der Waals surface area contributed by atoms with Gasteiger partial charge < -0.3 is 15.5 Å². The van der Waals surface area contributed by atoms with Crippen LogP contribution in [0.1, 0.15) is 56.8 Å². The smallest absolute Gasteiger partial charge is 0.227 e. The van der Waals surface area contributed by atoms with Crippen molar-refractivity contribution in [3.8, 4) is 11.9 Å². The Morgan fingerprint density at radius 3 is 2.74 bits per heavy atom. The number of hydrogen-bond acceptors (Lipinski definition) is 10. The summed E-state index contributed by atoms with van der Waals surface area (Å²) in [5, 5.41) is 20.4. The third-order valence-corrected chi connectivity index (χ3v) is 7.52. The van der Waals surface area contributed by atoms with Crippen LogP contribution < -0.4 is 26.4 Å². The lowest BCUT2D eigenvalue weighted by Crippen LogP contribution is -2.49. The van der Waals surface area contributed by atoms with E-state index < -0.39 is 5.41 Å². The molecule has 3 atom stereocenters. The van der Waals surface area contributed by atoms with E-state index >= 15 is 0 Å². The number of nitrogens with one attached hydrogen (secondary N) is 4. The molecule has 0 aliphatic carbocycles. The number of aryl methyl sites for hydroxylation is 1. The van der Waals surface area contributed by atoms with Gasteiger partial charge >= 0.3 is 0 Å². The Kier molecular flexibility index (Phi) is 7.72. The number of hydrazine groups is 1. The lowest BCUT2D eigenvalue weighted by molar-refractivity contribution is -0.132. The summed E-state index contributed by atoms with van der Waals surface area (Å²) in [6, 6.07) is 9.97. The molecule has 4 N–H and O–H groups in total. The SMILES string of the molecule is Cc1cc(NC2CC(C)NN2)nc(N2CCC(CC#N)(C(=O)N[C@@H](C)c3ccc(-n4cccn4)nc3)CC2)n1. The van der Waals surface area contributed by atoms with Crippen LogP contribution in [0, 0.1) is 23.7 Å². The standard InChI is InChI=1S/C27H35N11O/c1-18-15-22(33-23-16-19(2)35-36-23)34-26(31-18)37-13-8-27(7-10-28,9-14-37)25(39)32-20(3)21-5-6-24(29-17-21)38-12-4-11-30-38/h4-6,11-12,15,17,19-20,23,35-36H,7-9,13-14,16H2,1-3H3,(H,32,39)(H,31,33,34)/t19?,20-,23?/m0/s1. The van der Waals surface area contributed by atoms with Crippen molar-refractivity contribution in [3.05, 3.63) is 54.1 Å².